The summed E-state index contributed by atoms with van der Waals surface area (Å²) in [6.45, 7) is 9.86. The molecular weight excluding hydrogens is 266 g/mol. The Morgan fingerprint density at radius 1 is 1.48 bits per heavy atom. The molecule has 0 aliphatic carbocycles. The van der Waals surface area contributed by atoms with Crippen LogP contribution in [-0.2, 0) is 11.3 Å². The van der Waals surface area contributed by atoms with Crippen molar-refractivity contribution >= 4 is 6.09 Å². The number of rotatable bonds is 3. The number of carbonyl (C=O) groups is 1. The SMILES string of the molecule is Cc1ccc(CNC2CCN(C(=O)OC(C)(C)C)C2)nc1. The Bertz CT molecular complexity index is 479. The lowest BCUT2D eigenvalue weighted by Crippen LogP contribution is -2.38. The van der Waals surface area contributed by atoms with Gasteiger partial charge >= 0.3 is 6.09 Å². The quantitative estimate of drug-likeness (QED) is 0.929. The summed E-state index contributed by atoms with van der Waals surface area (Å²) >= 11 is 0. The Kier molecular flexibility index (Phi) is 4.83. The summed E-state index contributed by atoms with van der Waals surface area (Å²) in [7, 11) is 0. The van der Waals surface area contributed by atoms with Gasteiger partial charge in [-0.3, -0.25) is 4.98 Å². The summed E-state index contributed by atoms with van der Waals surface area (Å²) in [5.74, 6) is 0. The second-order valence-corrected chi connectivity index (χ2v) is 6.62. The number of pyridine rings is 1. The maximum absolute atomic E-state index is 12.0. The Labute approximate surface area is 126 Å². The minimum absolute atomic E-state index is 0.222. The summed E-state index contributed by atoms with van der Waals surface area (Å²) in [5.41, 5.74) is 1.75. The number of nitrogens with one attached hydrogen (secondary N) is 1. The highest BCUT2D eigenvalue weighted by molar-refractivity contribution is 5.68. The highest BCUT2D eigenvalue weighted by Gasteiger charge is 2.29. The Hall–Kier alpha value is -1.62. The minimum Gasteiger partial charge on any atom is -0.444 e. The van der Waals surface area contributed by atoms with E-state index >= 15 is 0 Å². The zero-order valence-electron chi connectivity index (χ0n) is 13.3. The Morgan fingerprint density at radius 2 is 2.24 bits per heavy atom. The van der Waals surface area contributed by atoms with Crippen molar-refractivity contribution in [3.05, 3.63) is 29.6 Å². The molecule has 0 aromatic carbocycles. The summed E-state index contributed by atoms with van der Waals surface area (Å²) in [6.07, 6.45) is 2.60. The average molecular weight is 291 g/mol. The second-order valence-electron chi connectivity index (χ2n) is 6.62. The molecule has 1 N–H and O–H groups in total. The molecule has 1 amide bonds. The first-order valence-electron chi connectivity index (χ1n) is 7.46. The summed E-state index contributed by atoms with van der Waals surface area (Å²) in [6, 6.07) is 4.40. The van der Waals surface area contributed by atoms with E-state index in [-0.39, 0.29) is 6.09 Å². The van der Waals surface area contributed by atoms with Gasteiger partial charge < -0.3 is 15.0 Å². The van der Waals surface area contributed by atoms with Crippen molar-refractivity contribution in [1.29, 1.82) is 0 Å². The number of nitrogens with zero attached hydrogens (tertiary/aromatic N) is 2. The smallest absolute Gasteiger partial charge is 0.410 e. The van der Waals surface area contributed by atoms with E-state index in [0.717, 1.165) is 30.8 Å². The number of carbonyl (C=O) groups excluding carboxylic acids is 1. The normalized spacial score (nSPS) is 18.9. The van der Waals surface area contributed by atoms with E-state index in [0.29, 0.717) is 12.6 Å². The monoisotopic (exact) mass is 291 g/mol. The number of likely N-dealkylation sites (tertiary alicyclic amines) is 1. The van der Waals surface area contributed by atoms with Crippen molar-refractivity contribution in [2.45, 2.75) is 52.3 Å². The van der Waals surface area contributed by atoms with E-state index < -0.39 is 5.60 Å². The molecule has 1 aliphatic heterocycles. The van der Waals surface area contributed by atoms with Gasteiger partial charge in [0, 0.05) is 31.9 Å². The van der Waals surface area contributed by atoms with E-state index in [4.69, 9.17) is 4.74 Å². The fourth-order valence-corrected chi connectivity index (χ4v) is 2.27. The third-order valence-corrected chi connectivity index (χ3v) is 3.38. The standard InChI is InChI=1S/C16H25N3O2/c1-12-5-6-13(17-9-12)10-18-14-7-8-19(11-14)15(20)21-16(2,3)4/h5-6,9,14,18H,7-8,10-11H2,1-4H3. The molecule has 0 spiro atoms. The van der Waals surface area contributed by atoms with Gasteiger partial charge in [-0.1, -0.05) is 6.07 Å². The molecule has 0 saturated carbocycles. The van der Waals surface area contributed by atoms with Gasteiger partial charge in [-0.15, -0.1) is 0 Å². The summed E-state index contributed by atoms with van der Waals surface area (Å²) in [5, 5.41) is 3.45. The van der Waals surface area contributed by atoms with E-state index in [9.17, 15) is 4.79 Å². The van der Waals surface area contributed by atoms with E-state index in [1.807, 2.05) is 40.0 Å². The Balaban J connectivity index is 1.77. The third-order valence-electron chi connectivity index (χ3n) is 3.38. The van der Waals surface area contributed by atoms with Crippen LogP contribution in [0.3, 0.4) is 0 Å². The number of amides is 1. The molecule has 5 nitrogen and oxygen atoms in total. The average Bonchev–Trinajstić information content (AvgIpc) is 2.85. The fourth-order valence-electron chi connectivity index (χ4n) is 2.27. The molecule has 5 heteroatoms. The van der Waals surface area contributed by atoms with Crippen LogP contribution in [0.15, 0.2) is 18.3 Å². The van der Waals surface area contributed by atoms with Crippen LogP contribution in [0.1, 0.15) is 38.4 Å². The minimum atomic E-state index is -0.436. The van der Waals surface area contributed by atoms with Crippen molar-refractivity contribution in [2.75, 3.05) is 13.1 Å². The van der Waals surface area contributed by atoms with E-state index in [2.05, 4.69) is 16.4 Å². The van der Waals surface area contributed by atoms with Crippen molar-refractivity contribution in [3.8, 4) is 0 Å². The van der Waals surface area contributed by atoms with Crippen LogP contribution in [0.4, 0.5) is 4.79 Å². The van der Waals surface area contributed by atoms with Crippen LogP contribution in [0.5, 0.6) is 0 Å². The molecule has 1 fully saturated rings. The van der Waals surface area contributed by atoms with Gasteiger partial charge in [-0.2, -0.15) is 0 Å². The molecule has 1 saturated heterocycles. The van der Waals surface area contributed by atoms with Gasteiger partial charge in [0.05, 0.1) is 5.69 Å². The van der Waals surface area contributed by atoms with Crippen molar-refractivity contribution in [3.63, 3.8) is 0 Å². The first-order valence-corrected chi connectivity index (χ1v) is 7.46. The predicted octanol–water partition coefficient (Wildman–Crippen LogP) is 2.49. The van der Waals surface area contributed by atoms with E-state index in [1.165, 1.54) is 0 Å². The zero-order valence-corrected chi connectivity index (χ0v) is 13.3. The third kappa shape index (κ3) is 5.01. The molecule has 116 valence electrons. The van der Waals surface area contributed by atoms with Gasteiger partial charge in [0.2, 0.25) is 0 Å². The highest BCUT2D eigenvalue weighted by Crippen LogP contribution is 2.15. The summed E-state index contributed by atoms with van der Waals surface area (Å²) < 4.78 is 5.39. The topological polar surface area (TPSA) is 54.5 Å². The zero-order chi connectivity index (χ0) is 15.5. The summed E-state index contributed by atoms with van der Waals surface area (Å²) in [4.78, 5) is 18.1. The predicted molar refractivity (Wildman–Crippen MR) is 82.0 cm³/mol. The maximum Gasteiger partial charge on any atom is 0.410 e. The molecule has 1 atom stereocenters. The van der Waals surface area contributed by atoms with Gasteiger partial charge in [0.25, 0.3) is 0 Å². The first-order chi connectivity index (χ1) is 9.83. The highest BCUT2D eigenvalue weighted by atomic mass is 16.6. The fraction of sp³-hybridized carbons (Fsp3) is 0.625. The molecule has 1 unspecified atom stereocenters. The molecule has 2 rings (SSSR count). The molecule has 1 aliphatic rings. The maximum atomic E-state index is 12.0. The van der Waals surface area contributed by atoms with Crippen LogP contribution < -0.4 is 5.32 Å². The van der Waals surface area contributed by atoms with Gasteiger partial charge in [0.1, 0.15) is 5.60 Å². The van der Waals surface area contributed by atoms with Crippen molar-refractivity contribution in [2.24, 2.45) is 0 Å². The lowest BCUT2D eigenvalue weighted by atomic mass is 10.2. The van der Waals surface area contributed by atoms with Crippen molar-refractivity contribution in [1.82, 2.24) is 15.2 Å². The van der Waals surface area contributed by atoms with Gasteiger partial charge in [-0.25, -0.2) is 4.79 Å². The number of hydrogen-bond acceptors (Lipinski definition) is 4. The van der Waals surface area contributed by atoms with Crippen LogP contribution in [-0.4, -0.2) is 40.7 Å². The first kappa shape index (κ1) is 15.8. The molecule has 1 aromatic rings. The van der Waals surface area contributed by atoms with E-state index in [1.54, 1.807) is 4.90 Å². The molecule has 0 bridgehead atoms. The lowest BCUT2D eigenvalue weighted by Gasteiger charge is -2.24. The van der Waals surface area contributed by atoms with Crippen LogP contribution >= 0.6 is 0 Å². The van der Waals surface area contributed by atoms with Gasteiger partial charge in [0.15, 0.2) is 0 Å². The largest absolute Gasteiger partial charge is 0.444 e. The van der Waals surface area contributed by atoms with Gasteiger partial charge in [-0.05, 0) is 45.7 Å². The Morgan fingerprint density at radius 3 is 2.86 bits per heavy atom. The molecule has 2 heterocycles. The van der Waals surface area contributed by atoms with Crippen LogP contribution in [0, 0.1) is 6.92 Å². The van der Waals surface area contributed by atoms with Crippen molar-refractivity contribution < 1.29 is 9.53 Å². The molecule has 1 aromatic heterocycles. The number of ether oxygens (including phenoxy) is 1. The van der Waals surface area contributed by atoms with Crippen LogP contribution in [0.2, 0.25) is 0 Å². The van der Waals surface area contributed by atoms with Crippen LogP contribution in [0.25, 0.3) is 0 Å². The number of aromatic nitrogens is 1. The molecular formula is C16H25N3O2. The molecule has 21 heavy (non-hydrogen) atoms. The second kappa shape index (κ2) is 6.43. The lowest BCUT2D eigenvalue weighted by molar-refractivity contribution is 0.0291. The number of hydrogen-bond donors (Lipinski definition) is 1. The molecule has 0 radical (unpaired) electrons. The number of aryl methyl sites for hydroxylation is 1.